The molecule has 5 heteroatoms. The first kappa shape index (κ1) is 16.5. The summed E-state index contributed by atoms with van der Waals surface area (Å²) in [5.74, 6) is -0.526. The zero-order valence-corrected chi connectivity index (χ0v) is 14.5. The SMILES string of the molecule is C=CCN(Cc1cc(Br)ccc1F)C(=O)c1cc2ccccc2[nH]1. The van der Waals surface area contributed by atoms with E-state index in [2.05, 4.69) is 27.5 Å². The van der Waals surface area contributed by atoms with Gasteiger partial charge in [0.2, 0.25) is 0 Å². The second-order valence-corrected chi connectivity index (χ2v) is 6.40. The van der Waals surface area contributed by atoms with Gasteiger partial charge in [0.1, 0.15) is 11.5 Å². The predicted molar refractivity (Wildman–Crippen MR) is 97.3 cm³/mol. The summed E-state index contributed by atoms with van der Waals surface area (Å²) in [4.78, 5) is 17.5. The quantitative estimate of drug-likeness (QED) is 0.622. The highest BCUT2D eigenvalue weighted by molar-refractivity contribution is 9.10. The molecule has 0 atom stereocenters. The Bertz CT molecular complexity index is 870. The van der Waals surface area contributed by atoms with Crippen molar-refractivity contribution >= 4 is 32.7 Å². The number of carbonyl (C=O) groups is 1. The van der Waals surface area contributed by atoms with Crippen molar-refractivity contribution in [2.24, 2.45) is 0 Å². The van der Waals surface area contributed by atoms with Crippen LogP contribution < -0.4 is 0 Å². The summed E-state index contributed by atoms with van der Waals surface area (Å²) in [7, 11) is 0. The van der Waals surface area contributed by atoms with E-state index in [4.69, 9.17) is 0 Å². The number of amides is 1. The molecular weight excluding hydrogens is 371 g/mol. The van der Waals surface area contributed by atoms with Gasteiger partial charge in [0, 0.05) is 34.0 Å². The summed E-state index contributed by atoms with van der Waals surface area (Å²) >= 11 is 3.33. The van der Waals surface area contributed by atoms with Gasteiger partial charge in [-0.3, -0.25) is 4.79 Å². The van der Waals surface area contributed by atoms with Crippen LogP contribution >= 0.6 is 15.9 Å². The number of hydrogen-bond donors (Lipinski definition) is 1. The van der Waals surface area contributed by atoms with Crippen LogP contribution in [-0.2, 0) is 6.54 Å². The Morgan fingerprint density at radius 1 is 1.25 bits per heavy atom. The van der Waals surface area contributed by atoms with Crippen molar-refractivity contribution in [3.63, 3.8) is 0 Å². The van der Waals surface area contributed by atoms with Crippen LogP contribution in [0.2, 0.25) is 0 Å². The molecule has 0 saturated carbocycles. The van der Waals surface area contributed by atoms with E-state index in [0.29, 0.717) is 17.8 Å². The highest BCUT2D eigenvalue weighted by Crippen LogP contribution is 2.20. The largest absolute Gasteiger partial charge is 0.351 e. The topological polar surface area (TPSA) is 36.1 Å². The fraction of sp³-hybridized carbons (Fsp3) is 0.105. The van der Waals surface area contributed by atoms with E-state index in [9.17, 15) is 9.18 Å². The molecule has 24 heavy (non-hydrogen) atoms. The Kier molecular flexibility index (Phi) is 4.81. The number of nitrogens with one attached hydrogen (secondary N) is 1. The van der Waals surface area contributed by atoms with Crippen molar-refractivity contribution in [3.8, 4) is 0 Å². The minimum absolute atomic E-state index is 0.172. The molecule has 0 saturated heterocycles. The zero-order chi connectivity index (χ0) is 17.1. The van der Waals surface area contributed by atoms with Gasteiger partial charge in [0.15, 0.2) is 0 Å². The third kappa shape index (κ3) is 3.41. The van der Waals surface area contributed by atoms with Gasteiger partial charge in [-0.2, -0.15) is 0 Å². The minimum atomic E-state index is -0.336. The lowest BCUT2D eigenvalue weighted by Gasteiger charge is -2.21. The summed E-state index contributed by atoms with van der Waals surface area (Å²) in [6.45, 7) is 4.20. The number of H-pyrrole nitrogens is 1. The van der Waals surface area contributed by atoms with E-state index in [1.807, 2.05) is 30.3 Å². The Morgan fingerprint density at radius 2 is 2.04 bits per heavy atom. The maximum atomic E-state index is 14.0. The summed E-state index contributed by atoms with van der Waals surface area (Å²) in [5, 5.41) is 0.966. The third-order valence-corrected chi connectivity index (χ3v) is 4.26. The van der Waals surface area contributed by atoms with E-state index in [1.165, 1.54) is 6.07 Å². The van der Waals surface area contributed by atoms with Crippen LogP contribution in [0, 0.1) is 5.82 Å². The first-order chi connectivity index (χ1) is 11.6. The van der Waals surface area contributed by atoms with Crippen molar-refractivity contribution in [3.05, 3.63) is 82.7 Å². The van der Waals surface area contributed by atoms with Gasteiger partial charge in [-0.15, -0.1) is 6.58 Å². The van der Waals surface area contributed by atoms with Crippen LogP contribution in [0.4, 0.5) is 4.39 Å². The van der Waals surface area contributed by atoms with Crippen LogP contribution in [0.15, 0.2) is 65.7 Å². The number of rotatable bonds is 5. The van der Waals surface area contributed by atoms with Crippen LogP contribution in [0.1, 0.15) is 16.1 Å². The minimum Gasteiger partial charge on any atom is -0.351 e. The smallest absolute Gasteiger partial charge is 0.270 e. The first-order valence-electron chi connectivity index (χ1n) is 7.50. The van der Waals surface area contributed by atoms with Crippen molar-refractivity contribution < 1.29 is 9.18 Å². The maximum Gasteiger partial charge on any atom is 0.270 e. The van der Waals surface area contributed by atoms with E-state index in [0.717, 1.165) is 15.4 Å². The van der Waals surface area contributed by atoms with Crippen LogP contribution in [0.5, 0.6) is 0 Å². The molecule has 0 aliphatic rings. The number of fused-ring (bicyclic) bond motifs is 1. The molecule has 2 aromatic carbocycles. The molecule has 0 unspecified atom stereocenters. The third-order valence-electron chi connectivity index (χ3n) is 3.77. The lowest BCUT2D eigenvalue weighted by atomic mass is 10.2. The Labute approximate surface area is 147 Å². The average molecular weight is 387 g/mol. The van der Waals surface area contributed by atoms with E-state index < -0.39 is 0 Å². The zero-order valence-electron chi connectivity index (χ0n) is 12.9. The second-order valence-electron chi connectivity index (χ2n) is 5.48. The molecule has 1 amide bonds. The molecule has 3 aromatic rings. The van der Waals surface area contributed by atoms with Crippen LogP contribution in [0.3, 0.4) is 0 Å². The highest BCUT2D eigenvalue weighted by atomic mass is 79.9. The molecule has 0 aliphatic carbocycles. The van der Waals surface area contributed by atoms with Crippen molar-refractivity contribution in [2.45, 2.75) is 6.54 Å². The fourth-order valence-corrected chi connectivity index (χ4v) is 3.01. The normalized spacial score (nSPS) is 10.8. The van der Waals surface area contributed by atoms with Gasteiger partial charge < -0.3 is 9.88 Å². The molecule has 3 nitrogen and oxygen atoms in total. The lowest BCUT2D eigenvalue weighted by Crippen LogP contribution is -2.31. The van der Waals surface area contributed by atoms with Gasteiger partial charge in [-0.1, -0.05) is 40.2 Å². The maximum absolute atomic E-state index is 14.0. The molecule has 3 rings (SSSR count). The van der Waals surface area contributed by atoms with Crippen molar-refractivity contribution in [1.29, 1.82) is 0 Å². The number of aromatic amines is 1. The number of nitrogens with zero attached hydrogens (tertiary/aromatic N) is 1. The van der Waals surface area contributed by atoms with Crippen molar-refractivity contribution in [2.75, 3.05) is 6.54 Å². The molecular formula is C19H16BrFN2O. The molecule has 0 fully saturated rings. The van der Waals surface area contributed by atoms with Crippen molar-refractivity contribution in [1.82, 2.24) is 9.88 Å². The average Bonchev–Trinajstić information content (AvgIpc) is 3.01. The molecule has 122 valence electrons. The number of aromatic nitrogens is 1. The predicted octanol–water partition coefficient (Wildman–Crippen LogP) is 4.90. The summed E-state index contributed by atoms with van der Waals surface area (Å²) in [6, 6.07) is 14.2. The molecule has 1 heterocycles. The van der Waals surface area contributed by atoms with Gasteiger partial charge in [-0.25, -0.2) is 4.39 Å². The standard InChI is InChI=1S/C19H16BrFN2O/c1-2-9-23(12-14-10-15(20)7-8-16(14)21)19(24)18-11-13-5-3-4-6-17(13)22-18/h2-8,10-11,22H,1,9,12H2. The summed E-state index contributed by atoms with van der Waals surface area (Å²) < 4.78 is 14.8. The van der Waals surface area contributed by atoms with Gasteiger partial charge in [-0.05, 0) is 30.3 Å². The second kappa shape index (κ2) is 7.01. The monoisotopic (exact) mass is 386 g/mol. The van der Waals surface area contributed by atoms with Crippen LogP contribution in [0.25, 0.3) is 10.9 Å². The van der Waals surface area contributed by atoms with Gasteiger partial charge >= 0.3 is 0 Å². The Morgan fingerprint density at radius 3 is 2.79 bits per heavy atom. The molecule has 0 radical (unpaired) electrons. The van der Waals surface area contributed by atoms with E-state index in [1.54, 1.807) is 23.1 Å². The Balaban J connectivity index is 1.90. The molecule has 0 bridgehead atoms. The van der Waals surface area contributed by atoms with E-state index >= 15 is 0 Å². The number of carbonyl (C=O) groups excluding carboxylic acids is 1. The summed E-state index contributed by atoms with van der Waals surface area (Å²) in [6.07, 6.45) is 1.64. The molecule has 1 aromatic heterocycles. The lowest BCUT2D eigenvalue weighted by molar-refractivity contribution is 0.0756. The summed E-state index contributed by atoms with van der Waals surface area (Å²) in [5.41, 5.74) is 1.83. The molecule has 0 spiro atoms. The molecule has 1 N–H and O–H groups in total. The van der Waals surface area contributed by atoms with E-state index in [-0.39, 0.29) is 18.3 Å². The number of benzene rings is 2. The van der Waals surface area contributed by atoms with Gasteiger partial charge in [0.25, 0.3) is 5.91 Å². The number of para-hydroxylation sites is 1. The first-order valence-corrected chi connectivity index (χ1v) is 8.29. The number of hydrogen-bond acceptors (Lipinski definition) is 1. The number of halogens is 2. The highest BCUT2D eigenvalue weighted by Gasteiger charge is 2.18. The molecule has 0 aliphatic heterocycles. The van der Waals surface area contributed by atoms with Crippen LogP contribution in [-0.4, -0.2) is 22.3 Å². The fourth-order valence-electron chi connectivity index (χ4n) is 2.60. The van der Waals surface area contributed by atoms with Gasteiger partial charge in [0.05, 0.1) is 0 Å². The Hall–Kier alpha value is -2.40.